The molecule has 0 saturated heterocycles. The Morgan fingerprint density at radius 3 is 2.76 bits per heavy atom. The maximum atomic E-state index is 13.7. The van der Waals surface area contributed by atoms with Crippen LogP contribution in [0.2, 0.25) is 0 Å². The van der Waals surface area contributed by atoms with Crippen LogP contribution in [0, 0.1) is 5.82 Å². The van der Waals surface area contributed by atoms with Gasteiger partial charge in [-0.05, 0) is 37.0 Å². The van der Waals surface area contributed by atoms with Crippen molar-refractivity contribution in [3.63, 3.8) is 0 Å². The van der Waals surface area contributed by atoms with E-state index in [1.807, 2.05) is 0 Å². The molecule has 116 valence electrons. The standard InChI is InChI=1S/C16H22FNO3/c1-21-15-7-6-11(9-14(15)17)8-13(10-16(19)20)18-12-4-2-3-5-12/h6-7,9,12-13,18H,2-5,8,10H2,1H3,(H,19,20). The average molecular weight is 295 g/mol. The molecule has 1 saturated carbocycles. The molecule has 0 aromatic heterocycles. The summed E-state index contributed by atoms with van der Waals surface area (Å²) in [7, 11) is 1.42. The van der Waals surface area contributed by atoms with Crippen LogP contribution in [-0.4, -0.2) is 30.3 Å². The molecular formula is C16H22FNO3. The molecule has 0 bridgehead atoms. The topological polar surface area (TPSA) is 58.6 Å². The number of benzene rings is 1. The fraction of sp³-hybridized carbons (Fsp3) is 0.562. The van der Waals surface area contributed by atoms with Gasteiger partial charge in [0.15, 0.2) is 11.6 Å². The van der Waals surface area contributed by atoms with Gasteiger partial charge >= 0.3 is 5.97 Å². The Labute approximate surface area is 124 Å². The van der Waals surface area contributed by atoms with E-state index in [1.165, 1.54) is 26.0 Å². The number of ether oxygens (including phenoxy) is 1. The Hall–Kier alpha value is -1.62. The summed E-state index contributed by atoms with van der Waals surface area (Å²) in [6.45, 7) is 0. The number of hydrogen-bond donors (Lipinski definition) is 2. The lowest BCUT2D eigenvalue weighted by Gasteiger charge is -2.22. The zero-order valence-electron chi connectivity index (χ0n) is 12.3. The Kier molecular flexibility index (Phi) is 5.56. The second-order valence-electron chi connectivity index (χ2n) is 5.62. The van der Waals surface area contributed by atoms with E-state index in [0.717, 1.165) is 18.4 Å². The van der Waals surface area contributed by atoms with Crippen LogP contribution in [0.1, 0.15) is 37.7 Å². The third-order valence-electron chi connectivity index (χ3n) is 3.95. The minimum absolute atomic E-state index is 0.0458. The molecule has 1 aromatic carbocycles. The van der Waals surface area contributed by atoms with Gasteiger partial charge in [-0.1, -0.05) is 18.9 Å². The molecule has 1 aromatic rings. The van der Waals surface area contributed by atoms with Crippen LogP contribution in [-0.2, 0) is 11.2 Å². The minimum atomic E-state index is -0.834. The number of carboxylic acids is 1. The normalized spacial score (nSPS) is 16.9. The van der Waals surface area contributed by atoms with Crippen LogP contribution in [0.15, 0.2) is 18.2 Å². The van der Waals surface area contributed by atoms with Crippen molar-refractivity contribution < 1.29 is 19.0 Å². The fourth-order valence-corrected chi connectivity index (χ4v) is 2.95. The molecular weight excluding hydrogens is 273 g/mol. The molecule has 1 unspecified atom stereocenters. The molecule has 0 aliphatic heterocycles. The zero-order valence-corrected chi connectivity index (χ0v) is 12.3. The zero-order chi connectivity index (χ0) is 15.2. The molecule has 1 fully saturated rings. The van der Waals surface area contributed by atoms with Gasteiger partial charge < -0.3 is 15.2 Å². The van der Waals surface area contributed by atoms with Gasteiger partial charge in [-0.3, -0.25) is 4.79 Å². The van der Waals surface area contributed by atoms with Crippen molar-refractivity contribution in [2.24, 2.45) is 0 Å². The van der Waals surface area contributed by atoms with Crippen LogP contribution < -0.4 is 10.1 Å². The van der Waals surface area contributed by atoms with Gasteiger partial charge in [-0.25, -0.2) is 4.39 Å². The highest BCUT2D eigenvalue weighted by Crippen LogP contribution is 2.21. The lowest BCUT2D eigenvalue weighted by atomic mass is 10.0. The van der Waals surface area contributed by atoms with E-state index in [-0.39, 0.29) is 18.2 Å². The summed E-state index contributed by atoms with van der Waals surface area (Å²) in [5.74, 6) is -1.04. The Balaban J connectivity index is 2.02. The van der Waals surface area contributed by atoms with Crippen molar-refractivity contribution in [2.75, 3.05) is 7.11 Å². The molecule has 1 atom stereocenters. The maximum Gasteiger partial charge on any atom is 0.304 e. The van der Waals surface area contributed by atoms with E-state index in [0.29, 0.717) is 12.5 Å². The number of rotatable bonds is 7. The monoisotopic (exact) mass is 295 g/mol. The third-order valence-corrected chi connectivity index (χ3v) is 3.95. The summed E-state index contributed by atoms with van der Waals surface area (Å²) >= 11 is 0. The van der Waals surface area contributed by atoms with Crippen molar-refractivity contribution in [2.45, 2.75) is 50.6 Å². The SMILES string of the molecule is COc1ccc(CC(CC(=O)O)NC2CCCC2)cc1F. The summed E-state index contributed by atoms with van der Waals surface area (Å²) in [6, 6.07) is 5.01. The van der Waals surface area contributed by atoms with E-state index in [1.54, 1.807) is 12.1 Å². The second kappa shape index (κ2) is 7.41. The number of nitrogens with one attached hydrogen (secondary N) is 1. The molecule has 4 nitrogen and oxygen atoms in total. The average Bonchev–Trinajstić information content (AvgIpc) is 2.91. The summed E-state index contributed by atoms with van der Waals surface area (Å²) in [5, 5.41) is 12.4. The van der Waals surface area contributed by atoms with Crippen LogP contribution in [0.5, 0.6) is 5.75 Å². The highest BCUT2D eigenvalue weighted by atomic mass is 19.1. The van der Waals surface area contributed by atoms with E-state index < -0.39 is 11.8 Å². The number of methoxy groups -OCH3 is 1. The smallest absolute Gasteiger partial charge is 0.304 e. The summed E-state index contributed by atoms with van der Waals surface area (Å²) in [5.41, 5.74) is 0.782. The summed E-state index contributed by atoms with van der Waals surface area (Å²) < 4.78 is 18.6. The summed E-state index contributed by atoms with van der Waals surface area (Å²) in [4.78, 5) is 11.0. The number of hydrogen-bond acceptors (Lipinski definition) is 3. The van der Waals surface area contributed by atoms with E-state index in [9.17, 15) is 9.18 Å². The second-order valence-corrected chi connectivity index (χ2v) is 5.62. The van der Waals surface area contributed by atoms with Crippen LogP contribution in [0.4, 0.5) is 4.39 Å². The lowest BCUT2D eigenvalue weighted by Crippen LogP contribution is -2.39. The molecule has 21 heavy (non-hydrogen) atoms. The van der Waals surface area contributed by atoms with Crippen molar-refractivity contribution in [1.82, 2.24) is 5.32 Å². The van der Waals surface area contributed by atoms with Gasteiger partial charge in [0, 0.05) is 12.1 Å². The Bertz CT molecular complexity index is 486. The molecule has 1 aliphatic carbocycles. The number of carbonyl (C=O) groups is 1. The predicted molar refractivity (Wildman–Crippen MR) is 78.1 cm³/mol. The first kappa shape index (κ1) is 15.8. The van der Waals surface area contributed by atoms with Crippen molar-refractivity contribution >= 4 is 5.97 Å². The van der Waals surface area contributed by atoms with Crippen LogP contribution in [0.3, 0.4) is 0 Å². The van der Waals surface area contributed by atoms with Crippen molar-refractivity contribution in [1.29, 1.82) is 0 Å². The molecule has 2 rings (SSSR count). The largest absolute Gasteiger partial charge is 0.494 e. The van der Waals surface area contributed by atoms with Crippen molar-refractivity contribution in [3.05, 3.63) is 29.6 Å². The first-order chi connectivity index (χ1) is 10.1. The maximum absolute atomic E-state index is 13.7. The van der Waals surface area contributed by atoms with Gasteiger partial charge in [-0.15, -0.1) is 0 Å². The molecule has 0 heterocycles. The Morgan fingerprint density at radius 1 is 1.48 bits per heavy atom. The Morgan fingerprint density at radius 2 is 2.19 bits per heavy atom. The van der Waals surface area contributed by atoms with Gasteiger partial charge in [0.05, 0.1) is 13.5 Å². The van der Waals surface area contributed by atoms with Gasteiger partial charge in [0.2, 0.25) is 0 Å². The highest BCUT2D eigenvalue weighted by molar-refractivity contribution is 5.67. The third kappa shape index (κ3) is 4.70. The first-order valence-electron chi connectivity index (χ1n) is 7.38. The van der Waals surface area contributed by atoms with E-state index >= 15 is 0 Å². The molecule has 0 spiro atoms. The van der Waals surface area contributed by atoms with Crippen LogP contribution in [0.25, 0.3) is 0 Å². The number of carboxylic acid groups (broad SMARTS) is 1. The van der Waals surface area contributed by atoms with Gasteiger partial charge in [-0.2, -0.15) is 0 Å². The first-order valence-corrected chi connectivity index (χ1v) is 7.38. The molecule has 1 aliphatic rings. The van der Waals surface area contributed by atoms with Crippen LogP contribution >= 0.6 is 0 Å². The quantitative estimate of drug-likeness (QED) is 0.812. The predicted octanol–water partition coefficient (Wildman–Crippen LogP) is 2.75. The molecule has 0 radical (unpaired) electrons. The van der Waals surface area contributed by atoms with Crippen molar-refractivity contribution in [3.8, 4) is 5.75 Å². The number of halogens is 1. The van der Waals surface area contributed by atoms with Gasteiger partial charge in [0.25, 0.3) is 0 Å². The van der Waals surface area contributed by atoms with E-state index in [4.69, 9.17) is 9.84 Å². The molecule has 2 N–H and O–H groups in total. The van der Waals surface area contributed by atoms with Gasteiger partial charge in [0.1, 0.15) is 0 Å². The highest BCUT2D eigenvalue weighted by Gasteiger charge is 2.21. The lowest BCUT2D eigenvalue weighted by molar-refractivity contribution is -0.137. The molecule has 5 heteroatoms. The summed E-state index contributed by atoms with van der Waals surface area (Å²) in [6.07, 6.45) is 5.11. The minimum Gasteiger partial charge on any atom is -0.494 e. The number of aliphatic carboxylic acids is 1. The fourth-order valence-electron chi connectivity index (χ4n) is 2.95. The van der Waals surface area contributed by atoms with E-state index in [2.05, 4.69) is 5.32 Å². The molecule has 0 amide bonds.